The highest BCUT2D eigenvalue weighted by Crippen LogP contribution is 2.73. The summed E-state index contributed by atoms with van der Waals surface area (Å²) in [5.74, 6) is 9.64. The van der Waals surface area contributed by atoms with E-state index in [1.807, 2.05) is 0 Å². The van der Waals surface area contributed by atoms with Crippen LogP contribution in [0.4, 0.5) is 0 Å². The zero-order valence-electron chi connectivity index (χ0n) is 83.7. The number of Topliss-reactive ketones (excluding diaryl/α,β-unsaturated/α-hetero) is 1. The lowest BCUT2D eigenvalue weighted by Gasteiger charge is -2.38. The fraction of sp³-hybridized carbons (Fsp3) is 0.898. The summed E-state index contributed by atoms with van der Waals surface area (Å²) in [7, 11) is 0. The molecular weight excluding hydrogens is 1510 g/mol. The molecule has 0 aliphatic heterocycles. The van der Waals surface area contributed by atoms with E-state index >= 15 is 0 Å². The normalized spacial score (nSPS) is 42.6. The topological polar surface area (TPSA) is 175 Å². The minimum absolute atomic E-state index is 0.00502. The van der Waals surface area contributed by atoms with Crippen molar-refractivity contribution in [1.29, 1.82) is 0 Å². The molecule has 13 nitrogen and oxygen atoms in total. The van der Waals surface area contributed by atoms with E-state index in [2.05, 4.69) is 214 Å². The Labute approximate surface area is 738 Å². The highest BCUT2D eigenvalue weighted by molar-refractivity contribution is 5.89. The Kier molecular flexibility index (Phi) is 28.2. The number of hydrogen-bond donors (Lipinski definition) is 0. The molecule has 0 heterocycles. The van der Waals surface area contributed by atoms with E-state index in [0.29, 0.717) is 79.7 Å². The molecule has 121 heavy (non-hydrogen) atoms. The first-order valence-electron chi connectivity index (χ1n) is 49.3. The number of ketones is 1. The van der Waals surface area contributed by atoms with Crippen molar-refractivity contribution in [1.82, 2.24) is 0 Å². The molecule has 13 heteroatoms. The zero-order chi connectivity index (χ0) is 90.9. The van der Waals surface area contributed by atoms with E-state index in [0.717, 1.165) is 111 Å². The molecule has 18 fully saturated rings. The second kappa shape index (κ2) is 34.4. The predicted octanol–water partition coefficient (Wildman–Crippen LogP) is 27.0. The first kappa shape index (κ1) is 99.1. The lowest BCUT2D eigenvalue weighted by molar-refractivity contribution is -0.158. The molecule has 18 bridgehead atoms. The highest BCUT2D eigenvalue weighted by Gasteiger charge is 2.69. The Bertz CT molecular complexity index is 3490. The van der Waals surface area contributed by atoms with Gasteiger partial charge in [0.25, 0.3) is 0 Å². The SMILES string of the molecule is C=C1C2CCC(C2)C1(C)C.C=C1[C@H]2CC[C@H](C2)C1(C)C.CC(=O)OC1CC2CCC1(C)C2(C)C.CC(=O)OC1CC2CCC1(C)C2(C)C.CC(=O)O[C@@H]1C[C@@H]2CC[C@@]1(C)C2(C)C.CC(=O)O[C@H]1C[C@@H]2CC[C@@]1(C)C2(C)C.CC(C)CC(=O)OC1CC2CCC1(C)C2(C)C.CC(C)CC(=O)O[C@@H]1C[C@@H]2CC[C@@]1(C)C2(C)C.CC12CCC(CC1=O)C2(C)C. The molecule has 0 aromatic heterocycles. The molecule has 0 saturated heterocycles. The van der Waals surface area contributed by atoms with Gasteiger partial charge in [0.2, 0.25) is 0 Å². The first-order valence-corrected chi connectivity index (χ1v) is 49.3. The number of carbonyl (C=O) groups excluding carboxylic acids is 7. The molecule has 0 amide bonds. The van der Waals surface area contributed by atoms with Gasteiger partial charge in [0.15, 0.2) is 0 Å². The number of esters is 6. The number of rotatable bonds is 10. The largest absolute Gasteiger partial charge is 0.462 e. The summed E-state index contributed by atoms with van der Waals surface area (Å²) in [4.78, 5) is 79.2. The van der Waals surface area contributed by atoms with Crippen LogP contribution >= 0.6 is 0 Å². The molecule has 0 spiro atoms. The van der Waals surface area contributed by atoms with E-state index in [-0.39, 0.29) is 116 Å². The van der Waals surface area contributed by atoms with Crippen LogP contribution in [0.15, 0.2) is 24.3 Å². The maximum atomic E-state index is 11.8. The van der Waals surface area contributed by atoms with Crippen LogP contribution in [-0.4, -0.2) is 78.2 Å². The molecule has 18 aliphatic rings. The Morgan fingerprint density at radius 3 is 0.620 bits per heavy atom. The summed E-state index contributed by atoms with van der Waals surface area (Å²) in [6.07, 6.45) is 35.5. The second-order valence-electron chi connectivity index (χ2n) is 51.0. The Hall–Kier alpha value is -4.03. The third-order valence-corrected chi connectivity index (χ3v) is 43.2. The summed E-state index contributed by atoms with van der Waals surface area (Å²) in [5, 5.41) is 0. The van der Waals surface area contributed by atoms with E-state index in [1.54, 1.807) is 0 Å². The van der Waals surface area contributed by atoms with Crippen LogP contribution < -0.4 is 0 Å². The lowest BCUT2D eigenvalue weighted by atomic mass is 9.70. The van der Waals surface area contributed by atoms with Crippen molar-refractivity contribution in [3.63, 3.8) is 0 Å². The predicted molar refractivity (Wildman–Crippen MR) is 488 cm³/mol. The molecule has 0 radical (unpaired) electrons. The Morgan fingerprint density at radius 2 is 0.504 bits per heavy atom. The fourth-order valence-electron chi connectivity index (χ4n) is 30.1. The van der Waals surface area contributed by atoms with Crippen molar-refractivity contribution in [3.8, 4) is 0 Å². The molecular formula is C108H180O13. The van der Waals surface area contributed by atoms with Gasteiger partial charge in [0.05, 0.1) is 0 Å². The summed E-state index contributed by atoms with van der Waals surface area (Å²) in [6.45, 7) is 80.6. The average molecular weight is 1690 g/mol. The van der Waals surface area contributed by atoms with Gasteiger partial charge in [-0.2, -0.15) is 0 Å². The summed E-state index contributed by atoms with van der Waals surface area (Å²) in [5.41, 5.74) is 7.58. The molecule has 18 rings (SSSR count). The molecule has 0 N–H and O–H groups in total. The van der Waals surface area contributed by atoms with Crippen molar-refractivity contribution in [2.24, 2.45) is 164 Å². The van der Waals surface area contributed by atoms with Gasteiger partial charge in [-0.15, -0.1) is 0 Å². The fourth-order valence-corrected chi connectivity index (χ4v) is 30.1. The number of ether oxygens (including phenoxy) is 6. The first-order chi connectivity index (χ1) is 55.3. The van der Waals surface area contributed by atoms with Gasteiger partial charge in [-0.25, -0.2) is 0 Å². The number of allylic oxidation sites excluding steroid dienone is 2. The van der Waals surface area contributed by atoms with E-state index in [9.17, 15) is 33.6 Å². The molecule has 0 aromatic carbocycles. The van der Waals surface area contributed by atoms with Crippen molar-refractivity contribution < 1.29 is 62.0 Å². The minimum Gasteiger partial charge on any atom is -0.462 e. The summed E-state index contributed by atoms with van der Waals surface area (Å²) < 4.78 is 33.3. The van der Waals surface area contributed by atoms with E-state index < -0.39 is 0 Å². The Morgan fingerprint density at radius 1 is 0.289 bits per heavy atom. The third-order valence-electron chi connectivity index (χ3n) is 43.2. The van der Waals surface area contributed by atoms with Crippen molar-refractivity contribution in [3.05, 3.63) is 24.3 Å². The van der Waals surface area contributed by atoms with Gasteiger partial charge in [-0.05, 0) is 293 Å². The van der Waals surface area contributed by atoms with E-state index in [1.165, 1.54) is 161 Å². The van der Waals surface area contributed by atoms with Gasteiger partial charge < -0.3 is 28.4 Å². The molecule has 18 saturated carbocycles. The number of fused-ring (bicyclic) bond motifs is 18. The van der Waals surface area contributed by atoms with Crippen LogP contribution in [0.25, 0.3) is 0 Å². The number of hydrogen-bond acceptors (Lipinski definition) is 13. The summed E-state index contributed by atoms with van der Waals surface area (Å²) >= 11 is 0. The second-order valence-corrected chi connectivity index (χ2v) is 51.0. The summed E-state index contributed by atoms with van der Waals surface area (Å²) in [6, 6.07) is 0. The van der Waals surface area contributed by atoms with Gasteiger partial charge in [0.1, 0.15) is 42.4 Å². The maximum Gasteiger partial charge on any atom is 0.306 e. The molecule has 24 atom stereocenters. The van der Waals surface area contributed by atoms with Crippen LogP contribution in [0.2, 0.25) is 0 Å². The Balaban J connectivity index is 0.000000143. The number of carbonyl (C=O) groups is 7. The van der Waals surface area contributed by atoms with Gasteiger partial charge in [-0.3, -0.25) is 33.6 Å². The smallest absolute Gasteiger partial charge is 0.306 e. The monoisotopic (exact) mass is 1690 g/mol. The van der Waals surface area contributed by atoms with Crippen LogP contribution in [0.1, 0.15) is 415 Å². The van der Waals surface area contributed by atoms with E-state index in [4.69, 9.17) is 28.4 Å². The third kappa shape index (κ3) is 17.3. The molecule has 0 aromatic rings. The van der Waals surface area contributed by atoms with Crippen LogP contribution in [-0.2, 0) is 62.0 Å². The molecule has 690 valence electrons. The van der Waals surface area contributed by atoms with Crippen molar-refractivity contribution in [2.45, 2.75) is 451 Å². The quantitative estimate of drug-likeness (QED) is 0.115. The molecule has 18 aliphatic carbocycles. The van der Waals surface area contributed by atoms with Gasteiger partial charge in [-0.1, -0.05) is 225 Å². The van der Waals surface area contributed by atoms with Crippen LogP contribution in [0, 0.1) is 164 Å². The minimum atomic E-state index is -0.125. The van der Waals surface area contributed by atoms with Gasteiger partial charge in [0, 0.05) is 84.9 Å². The van der Waals surface area contributed by atoms with Crippen molar-refractivity contribution >= 4 is 41.6 Å². The average Bonchev–Trinajstić information content (AvgIpc) is 1.58. The van der Waals surface area contributed by atoms with Crippen LogP contribution in [0.5, 0.6) is 0 Å². The maximum absolute atomic E-state index is 11.8. The lowest BCUT2D eigenvalue weighted by Crippen LogP contribution is -2.38. The van der Waals surface area contributed by atoms with Crippen molar-refractivity contribution in [2.75, 3.05) is 0 Å². The molecule has 13 unspecified atom stereocenters. The van der Waals surface area contributed by atoms with Gasteiger partial charge >= 0.3 is 35.8 Å². The van der Waals surface area contributed by atoms with Crippen LogP contribution in [0.3, 0.4) is 0 Å². The standard InChI is InChI=1S/2C15H26O2.4C12H20O2.C10H16O.2C10H16/c2*1-10(2)8-13(16)17-12-9-11-6-7-15(12,5)14(11,3)4;4*1-8(13)14-10-7-9-5-6-12(10,4)11(9,2)3;1-9(2)7-4-5-10(9,3)8(11)6-7;2*1-7-8-4-5-9(6-8)10(7,2)3/h2*10-12H,6-9H2,1-5H3;4*9-10H,5-7H2,1-4H3;7H,4-6H2,1-3H3;2*8-9H,1,4-6H2,2-3H3/t11-,12+,15+;;9-,10+,12+;9-,10-,12+;;;;8-,9+;/m0.00...0./s1. The zero-order valence-corrected chi connectivity index (χ0v) is 83.7. The highest BCUT2D eigenvalue weighted by atomic mass is 16.6.